The Labute approximate surface area is 262 Å². The van der Waals surface area contributed by atoms with Crippen LogP contribution in [0.15, 0.2) is 158 Å². The Bertz CT molecular complexity index is 1810. The van der Waals surface area contributed by atoms with E-state index < -0.39 is 0 Å². The van der Waals surface area contributed by atoms with E-state index in [2.05, 4.69) is 196 Å². The van der Waals surface area contributed by atoms with Gasteiger partial charge in [0.05, 0.1) is 0 Å². The van der Waals surface area contributed by atoms with Crippen molar-refractivity contribution < 1.29 is 0 Å². The Morgan fingerprint density at radius 1 is 0.409 bits per heavy atom. The topological polar surface area (TPSA) is 3.24 Å². The maximum atomic E-state index is 2.31. The Kier molecular flexibility index (Phi) is 8.66. The van der Waals surface area contributed by atoms with E-state index in [4.69, 9.17) is 0 Å². The molecule has 0 heterocycles. The smallest absolute Gasteiger partial charge is 0.0462 e. The molecule has 0 saturated carbocycles. The molecule has 6 aromatic carbocycles. The first kappa shape index (κ1) is 28.7. The molecule has 6 aromatic rings. The molecule has 6 rings (SSSR count). The maximum absolute atomic E-state index is 2.31. The van der Waals surface area contributed by atoms with Crippen LogP contribution in [0, 0.1) is 13.8 Å². The highest BCUT2D eigenvalue weighted by atomic mass is 15.1. The first-order chi connectivity index (χ1) is 21.5. The number of hydrogen-bond donors (Lipinski definition) is 0. The molecule has 0 aromatic heterocycles. The monoisotopic (exact) mass is 567 g/mol. The third kappa shape index (κ3) is 6.80. The van der Waals surface area contributed by atoms with Crippen LogP contribution in [0.5, 0.6) is 0 Å². The van der Waals surface area contributed by atoms with Gasteiger partial charge in [-0.2, -0.15) is 0 Å². The summed E-state index contributed by atoms with van der Waals surface area (Å²) < 4.78 is 0. The third-order valence-corrected chi connectivity index (χ3v) is 7.97. The minimum absolute atomic E-state index is 1.12. The van der Waals surface area contributed by atoms with Gasteiger partial charge in [0.1, 0.15) is 0 Å². The summed E-state index contributed by atoms with van der Waals surface area (Å²) in [4.78, 5) is 2.31. The number of allylic oxidation sites excluding steroid dienone is 1. The minimum atomic E-state index is 1.12. The summed E-state index contributed by atoms with van der Waals surface area (Å²) in [5, 5.41) is 0. The molecular formula is C43H37N. The molecule has 0 N–H and O–H groups in total. The van der Waals surface area contributed by atoms with Gasteiger partial charge in [-0.1, -0.05) is 139 Å². The van der Waals surface area contributed by atoms with Crippen molar-refractivity contribution in [1.82, 2.24) is 0 Å². The number of anilines is 3. The summed E-state index contributed by atoms with van der Waals surface area (Å²) in [7, 11) is 0. The minimum Gasteiger partial charge on any atom is -0.311 e. The van der Waals surface area contributed by atoms with Gasteiger partial charge in [-0.3, -0.25) is 0 Å². The lowest BCUT2D eigenvalue weighted by molar-refractivity contribution is 1.28. The summed E-state index contributed by atoms with van der Waals surface area (Å²) in [6, 6.07) is 56.4. The molecule has 0 saturated heterocycles. The van der Waals surface area contributed by atoms with Crippen molar-refractivity contribution in [2.45, 2.75) is 20.8 Å². The molecule has 0 aliphatic rings. The number of rotatable bonds is 8. The molecule has 1 nitrogen and oxygen atoms in total. The van der Waals surface area contributed by atoms with E-state index in [0.29, 0.717) is 0 Å². The van der Waals surface area contributed by atoms with Gasteiger partial charge < -0.3 is 4.90 Å². The average Bonchev–Trinajstić information content (AvgIpc) is 3.07. The second-order valence-corrected chi connectivity index (χ2v) is 11.3. The largest absolute Gasteiger partial charge is 0.311 e. The lowest BCUT2D eigenvalue weighted by atomic mass is 9.94. The molecule has 1 heteroatoms. The summed E-state index contributed by atoms with van der Waals surface area (Å²) in [5.41, 5.74) is 14.4. The number of nitrogens with zero attached hydrogens (tertiary/aromatic N) is 1. The third-order valence-electron chi connectivity index (χ3n) is 7.97. The van der Waals surface area contributed by atoms with Crippen LogP contribution in [0.1, 0.15) is 45.9 Å². The van der Waals surface area contributed by atoms with Gasteiger partial charge in [-0.15, -0.1) is 0 Å². The van der Waals surface area contributed by atoms with Crippen LogP contribution in [0.2, 0.25) is 0 Å². The first-order valence-corrected chi connectivity index (χ1v) is 15.2. The number of hydrogen-bond acceptors (Lipinski definition) is 1. The zero-order valence-electron chi connectivity index (χ0n) is 25.6. The molecule has 214 valence electrons. The van der Waals surface area contributed by atoms with Crippen LogP contribution < -0.4 is 4.90 Å². The van der Waals surface area contributed by atoms with Gasteiger partial charge in [-0.05, 0) is 102 Å². The quantitative estimate of drug-likeness (QED) is 0.165. The van der Waals surface area contributed by atoms with Crippen molar-refractivity contribution in [2.75, 3.05) is 4.90 Å². The SMILES string of the molecule is CC(=Cc1ccc(N(c2ccccc2)c2ccc(C=C(c3ccc(C)cc3)c3ccc(C)cc3)cc2)cc1)c1ccccc1. The van der Waals surface area contributed by atoms with E-state index in [0.717, 1.165) is 22.6 Å². The van der Waals surface area contributed by atoms with Crippen molar-refractivity contribution in [3.63, 3.8) is 0 Å². The number of aryl methyl sites for hydroxylation is 2. The fourth-order valence-corrected chi connectivity index (χ4v) is 5.46. The normalized spacial score (nSPS) is 11.2. The molecule has 0 spiro atoms. The summed E-state index contributed by atoms with van der Waals surface area (Å²) in [6.07, 6.45) is 4.54. The number of para-hydroxylation sites is 1. The second kappa shape index (κ2) is 13.3. The fourth-order valence-electron chi connectivity index (χ4n) is 5.46. The summed E-state index contributed by atoms with van der Waals surface area (Å²) >= 11 is 0. The summed E-state index contributed by atoms with van der Waals surface area (Å²) in [6.45, 7) is 6.43. The van der Waals surface area contributed by atoms with Gasteiger partial charge in [-0.25, -0.2) is 0 Å². The van der Waals surface area contributed by atoms with Gasteiger partial charge in [0.25, 0.3) is 0 Å². The highest BCUT2D eigenvalue weighted by Gasteiger charge is 2.13. The van der Waals surface area contributed by atoms with E-state index in [1.54, 1.807) is 0 Å². The van der Waals surface area contributed by atoms with Crippen molar-refractivity contribution in [1.29, 1.82) is 0 Å². The van der Waals surface area contributed by atoms with Crippen LogP contribution >= 0.6 is 0 Å². The summed E-state index contributed by atoms with van der Waals surface area (Å²) in [5.74, 6) is 0. The molecule has 0 aliphatic heterocycles. The van der Waals surface area contributed by atoms with Crippen LogP contribution in [0.3, 0.4) is 0 Å². The van der Waals surface area contributed by atoms with E-state index in [9.17, 15) is 0 Å². The van der Waals surface area contributed by atoms with Crippen LogP contribution in [0.4, 0.5) is 17.1 Å². The second-order valence-electron chi connectivity index (χ2n) is 11.3. The molecule has 0 unspecified atom stereocenters. The Balaban J connectivity index is 1.34. The fraction of sp³-hybridized carbons (Fsp3) is 0.0698. The first-order valence-electron chi connectivity index (χ1n) is 15.2. The molecule has 0 amide bonds. The zero-order valence-corrected chi connectivity index (χ0v) is 25.6. The van der Waals surface area contributed by atoms with Crippen molar-refractivity contribution in [3.8, 4) is 0 Å². The Morgan fingerprint density at radius 2 is 0.818 bits per heavy atom. The van der Waals surface area contributed by atoms with E-state index in [1.807, 2.05) is 0 Å². The molecular weight excluding hydrogens is 530 g/mol. The van der Waals surface area contributed by atoms with Crippen LogP contribution in [-0.4, -0.2) is 0 Å². The predicted molar refractivity (Wildman–Crippen MR) is 190 cm³/mol. The lowest BCUT2D eigenvalue weighted by Crippen LogP contribution is -2.09. The van der Waals surface area contributed by atoms with Gasteiger partial charge in [0, 0.05) is 17.1 Å². The molecule has 0 bridgehead atoms. The highest BCUT2D eigenvalue weighted by Crippen LogP contribution is 2.35. The Hall–Kier alpha value is -5.40. The number of benzene rings is 6. The van der Waals surface area contributed by atoms with Gasteiger partial charge in [0.15, 0.2) is 0 Å². The molecule has 0 radical (unpaired) electrons. The van der Waals surface area contributed by atoms with Crippen LogP contribution in [-0.2, 0) is 0 Å². The maximum Gasteiger partial charge on any atom is 0.0462 e. The zero-order chi connectivity index (χ0) is 30.3. The molecule has 0 aliphatic carbocycles. The highest BCUT2D eigenvalue weighted by molar-refractivity contribution is 5.92. The van der Waals surface area contributed by atoms with Crippen LogP contribution in [0.25, 0.3) is 23.3 Å². The van der Waals surface area contributed by atoms with E-state index in [1.165, 1.54) is 44.5 Å². The average molecular weight is 568 g/mol. The van der Waals surface area contributed by atoms with E-state index >= 15 is 0 Å². The van der Waals surface area contributed by atoms with Crippen molar-refractivity contribution >= 4 is 40.4 Å². The molecule has 44 heavy (non-hydrogen) atoms. The molecule has 0 atom stereocenters. The predicted octanol–water partition coefficient (Wildman–Crippen LogP) is 11.9. The lowest BCUT2D eigenvalue weighted by Gasteiger charge is -2.25. The van der Waals surface area contributed by atoms with Crippen molar-refractivity contribution in [2.24, 2.45) is 0 Å². The Morgan fingerprint density at radius 3 is 1.30 bits per heavy atom. The van der Waals surface area contributed by atoms with Crippen molar-refractivity contribution in [3.05, 3.63) is 197 Å². The van der Waals surface area contributed by atoms with Gasteiger partial charge in [0.2, 0.25) is 0 Å². The molecule has 0 fully saturated rings. The van der Waals surface area contributed by atoms with Gasteiger partial charge >= 0.3 is 0 Å². The van der Waals surface area contributed by atoms with E-state index in [-0.39, 0.29) is 0 Å². The standard InChI is InChI=1S/C43H37N/c1-32-14-22-38(23-15-32)43(39-24-16-33(2)17-25-39)31-36-20-28-42(29-21-36)44(40-12-8-5-9-13-40)41-26-18-35(19-27-41)30-34(3)37-10-6-4-7-11-37/h4-31H,1-3H3.